The predicted octanol–water partition coefficient (Wildman–Crippen LogP) is 3.20. The molecule has 10 heteroatoms. The number of ether oxygens (including phenoxy) is 2. The predicted molar refractivity (Wildman–Crippen MR) is 105 cm³/mol. The lowest BCUT2D eigenvalue weighted by atomic mass is 10.2. The summed E-state index contributed by atoms with van der Waals surface area (Å²) in [7, 11) is 0.439. The van der Waals surface area contributed by atoms with E-state index in [2.05, 4.69) is 10.1 Å². The minimum atomic E-state index is -3.71. The average molecular weight is 426 g/mol. The maximum absolute atomic E-state index is 12.5. The number of anilines is 1. The Morgan fingerprint density at radius 3 is 2.45 bits per heavy atom. The van der Waals surface area contributed by atoms with Crippen molar-refractivity contribution in [1.29, 1.82) is 0 Å². The fourth-order valence-corrected chi connectivity index (χ4v) is 3.25. The second kappa shape index (κ2) is 9.48. The first-order chi connectivity index (χ1) is 13.6. The number of halogens is 2. The van der Waals surface area contributed by atoms with Gasteiger partial charge in [-0.3, -0.25) is 4.79 Å². The molecule has 156 valence electrons. The van der Waals surface area contributed by atoms with Crippen LogP contribution < -0.4 is 14.8 Å². The third kappa shape index (κ3) is 5.75. The van der Waals surface area contributed by atoms with Gasteiger partial charge in [0.15, 0.2) is 0 Å². The summed E-state index contributed by atoms with van der Waals surface area (Å²) in [6, 6.07) is 10.0. The zero-order valence-corrected chi connectivity index (χ0v) is 16.7. The largest absolute Gasteiger partial charge is 0.495 e. The summed E-state index contributed by atoms with van der Waals surface area (Å²) >= 11 is 0. The van der Waals surface area contributed by atoms with E-state index < -0.39 is 22.5 Å². The Hall–Kier alpha value is -2.98. The van der Waals surface area contributed by atoms with E-state index in [4.69, 9.17) is 4.74 Å². The van der Waals surface area contributed by atoms with Crippen LogP contribution in [0.3, 0.4) is 0 Å². The van der Waals surface area contributed by atoms with Crippen molar-refractivity contribution in [3.63, 3.8) is 0 Å². The summed E-state index contributed by atoms with van der Waals surface area (Å²) in [5.74, 6) is -0.441. The molecule has 0 unspecified atom stereocenters. The Kier molecular flexibility index (Phi) is 7.29. The Balaban J connectivity index is 2.26. The van der Waals surface area contributed by atoms with Crippen molar-refractivity contribution in [1.82, 2.24) is 4.31 Å². The van der Waals surface area contributed by atoms with E-state index in [-0.39, 0.29) is 27.6 Å². The van der Waals surface area contributed by atoms with Crippen LogP contribution in [-0.4, -0.2) is 46.4 Å². The van der Waals surface area contributed by atoms with Crippen molar-refractivity contribution >= 4 is 27.7 Å². The van der Waals surface area contributed by atoms with Crippen LogP contribution in [0, 0.1) is 0 Å². The van der Waals surface area contributed by atoms with Gasteiger partial charge in [0.25, 0.3) is 0 Å². The van der Waals surface area contributed by atoms with Crippen LogP contribution >= 0.6 is 0 Å². The van der Waals surface area contributed by atoms with Crippen molar-refractivity contribution in [2.45, 2.75) is 11.5 Å². The van der Waals surface area contributed by atoms with Gasteiger partial charge in [0.05, 0.1) is 17.7 Å². The van der Waals surface area contributed by atoms with E-state index >= 15 is 0 Å². The fraction of sp³-hybridized carbons (Fsp3) is 0.211. The standard InChI is InChI=1S/C19H20F2N2O5S/c1-23(2)29(25,26)14-9-10-17(27-3)15(12-14)22-18(24)11-8-13-6-4-5-7-16(13)28-19(20)21/h4-12,19H,1-3H3,(H,22,24)/b11-8+. The number of hydrogen-bond donors (Lipinski definition) is 1. The Labute approximate surface area is 167 Å². The van der Waals surface area contributed by atoms with Gasteiger partial charge in [0.2, 0.25) is 15.9 Å². The van der Waals surface area contributed by atoms with Crippen LogP contribution in [0.15, 0.2) is 53.4 Å². The maximum atomic E-state index is 12.5. The van der Waals surface area contributed by atoms with Crippen LogP contribution in [0.1, 0.15) is 5.56 Å². The highest BCUT2D eigenvalue weighted by Crippen LogP contribution is 2.28. The molecule has 0 fully saturated rings. The smallest absolute Gasteiger partial charge is 0.387 e. The number of carbonyl (C=O) groups excluding carboxylic acids is 1. The second-order valence-corrected chi connectivity index (χ2v) is 8.04. The maximum Gasteiger partial charge on any atom is 0.387 e. The number of nitrogens with one attached hydrogen (secondary N) is 1. The summed E-state index contributed by atoms with van der Waals surface area (Å²) < 4.78 is 60.1. The molecule has 0 atom stereocenters. The zero-order valence-electron chi connectivity index (χ0n) is 15.9. The van der Waals surface area contributed by atoms with E-state index in [0.29, 0.717) is 0 Å². The monoisotopic (exact) mass is 426 g/mol. The summed E-state index contributed by atoms with van der Waals surface area (Å²) in [4.78, 5) is 12.3. The molecule has 2 aromatic rings. The molecule has 0 heterocycles. The molecular weight excluding hydrogens is 406 g/mol. The van der Waals surface area contributed by atoms with Crippen molar-refractivity contribution in [2.24, 2.45) is 0 Å². The minimum Gasteiger partial charge on any atom is -0.495 e. The van der Waals surface area contributed by atoms with E-state index in [0.717, 1.165) is 10.4 Å². The average Bonchev–Trinajstić information content (AvgIpc) is 2.66. The van der Waals surface area contributed by atoms with Crippen LogP contribution in [0.4, 0.5) is 14.5 Å². The van der Waals surface area contributed by atoms with Gasteiger partial charge in [-0.15, -0.1) is 0 Å². The lowest BCUT2D eigenvalue weighted by molar-refractivity contribution is -0.111. The highest BCUT2D eigenvalue weighted by atomic mass is 32.2. The van der Waals surface area contributed by atoms with Gasteiger partial charge in [-0.1, -0.05) is 18.2 Å². The van der Waals surface area contributed by atoms with Crippen molar-refractivity contribution in [3.8, 4) is 11.5 Å². The van der Waals surface area contributed by atoms with Gasteiger partial charge in [-0.05, 0) is 30.3 Å². The molecule has 0 spiro atoms. The van der Waals surface area contributed by atoms with E-state index in [1.54, 1.807) is 6.07 Å². The molecule has 29 heavy (non-hydrogen) atoms. The molecule has 0 aliphatic heterocycles. The Morgan fingerprint density at radius 2 is 1.83 bits per heavy atom. The number of carbonyl (C=O) groups is 1. The number of alkyl halides is 2. The first-order valence-corrected chi connectivity index (χ1v) is 9.72. The Morgan fingerprint density at radius 1 is 1.14 bits per heavy atom. The number of rotatable bonds is 8. The van der Waals surface area contributed by atoms with Crippen LogP contribution in [0.25, 0.3) is 6.08 Å². The van der Waals surface area contributed by atoms with E-state index in [9.17, 15) is 22.0 Å². The molecule has 0 aliphatic carbocycles. The van der Waals surface area contributed by atoms with Gasteiger partial charge < -0.3 is 14.8 Å². The molecule has 0 aromatic heterocycles. The third-order valence-corrected chi connectivity index (χ3v) is 5.57. The summed E-state index contributed by atoms with van der Waals surface area (Å²) in [5, 5.41) is 2.52. The topological polar surface area (TPSA) is 84.9 Å². The molecule has 0 aliphatic rings. The summed E-state index contributed by atoms with van der Waals surface area (Å²) in [6.45, 7) is -3.00. The van der Waals surface area contributed by atoms with Gasteiger partial charge in [-0.2, -0.15) is 8.78 Å². The third-order valence-electron chi connectivity index (χ3n) is 3.76. The zero-order chi connectivity index (χ0) is 21.6. The number of para-hydroxylation sites is 1. The van der Waals surface area contributed by atoms with E-state index in [1.165, 1.54) is 63.7 Å². The number of hydrogen-bond acceptors (Lipinski definition) is 5. The SMILES string of the molecule is COc1ccc(S(=O)(=O)N(C)C)cc1NC(=O)/C=C/c1ccccc1OC(F)F. The van der Waals surface area contributed by atoms with E-state index in [1.807, 2.05) is 0 Å². The lowest BCUT2D eigenvalue weighted by Gasteiger charge is -2.14. The second-order valence-electron chi connectivity index (χ2n) is 5.89. The van der Waals surface area contributed by atoms with Crippen molar-refractivity contribution in [2.75, 3.05) is 26.5 Å². The summed E-state index contributed by atoms with van der Waals surface area (Å²) in [6.07, 6.45) is 2.42. The number of amides is 1. The highest BCUT2D eigenvalue weighted by molar-refractivity contribution is 7.89. The van der Waals surface area contributed by atoms with Crippen molar-refractivity contribution in [3.05, 3.63) is 54.1 Å². The van der Waals surface area contributed by atoms with Gasteiger partial charge >= 0.3 is 6.61 Å². The molecular formula is C19H20F2N2O5S. The number of methoxy groups -OCH3 is 1. The number of nitrogens with zero attached hydrogens (tertiary/aromatic N) is 1. The van der Waals surface area contributed by atoms with Gasteiger partial charge in [-0.25, -0.2) is 12.7 Å². The van der Waals surface area contributed by atoms with Gasteiger partial charge in [0, 0.05) is 25.7 Å². The molecule has 0 saturated heterocycles. The lowest BCUT2D eigenvalue weighted by Crippen LogP contribution is -2.22. The van der Waals surface area contributed by atoms with Crippen LogP contribution in [0.5, 0.6) is 11.5 Å². The molecule has 0 radical (unpaired) electrons. The molecule has 2 rings (SSSR count). The fourth-order valence-electron chi connectivity index (χ4n) is 2.32. The van der Waals surface area contributed by atoms with Gasteiger partial charge in [0.1, 0.15) is 11.5 Å². The molecule has 2 aromatic carbocycles. The number of benzene rings is 2. The van der Waals surface area contributed by atoms with Crippen LogP contribution in [-0.2, 0) is 14.8 Å². The minimum absolute atomic E-state index is 0.0294. The molecule has 0 saturated carbocycles. The van der Waals surface area contributed by atoms with Crippen LogP contribution in [0.2, 0.25) is 0 Å². The Bertz CT molecular complexity index is 1010. The van der Waals surface area contributed by atoms with Crippen molar-refractivity contribution < 1.29 is 31.5 Å². The quantitative estimate of drug-likeness (QED) is 0.656. The first-order valence-electron chi connectivity index (χ1n) is 8.28. The molecule has 0 bridgehead atoms. The normalized spacial score (nSPS) is 11.8. The number of sulfonamides is 1. The molecule has 7 nitrogen and oxygen atoms in total. The summed E-state index contributed by atoms with van der Waals surface area (Å²) in [5.41, 5.74) is 0.418. The first kappa shape index (κ1) is 22.3. The molecule has 1 amide bonds. The highest BCUT2D eigenvalue weighted by Gasteiger charge is 2.19. The molecule has 1 N–H and O–H groups in total.